The number of carbonyl (C=O) groups is 1. The van der Waals surface area contributed by atoms with Crippen molar-refractivity contribution < 1.29 is 17.9 Å². The van der Waals surface area contributed by atoms with Crippen LogP contribution in [-0.2, 0) is 20.6 Å². The number of hydrogen-bond donors (Lipinski definition) is 2. The summed E-state index contributed by atoms with van der Waals surface area (Å²) < 4.78 is 30.3. The van der Waals surface area contributed by atoms with E-state index in [0.29, 0.717) is 17.0 Å². The zero-order valence-corrected chi connectivity index (χ0v) is 17.8. The molecule has 10 heteroatoms. The Morgan fingerprint density at radius 2 is 2.10 bits per heavy atom. The van der Waals surface area contributed by atoms with E-state index in [0.717, 1.165) is 25.3 Å². The maximum absolute atomic E-state index is 12.3. The number of ether oxygens (including phenoxy) is 1. The molecule has 4 rings (SSSR count). The molecule has 1 amide bonds. The number of nitrogens with one attached hydrogen (secondary N) is 1. The number of primary sulfonamides is 1. The van der Waals surface area contributed by atoms with Gasteiger partial charge in [0.1, 0.15) is 5.75 Å². The average Bonchev–Trinajstić information content (AvgIpc) is 3.24. The van der Waals surface area contributed by atoms with Gasteiger partial charge in [-0.2, -0.15) is 0 Å². The average molecular weight is 448 g/mol. The van der Waals surface area contributed by atoms with Crippen LogP contribution in [0.1, 0.15) is 10.6 Å². The lowest BCUT2D eigenvalue weighted by atomic mass is 10.2. The summed E-state index contributed by atoms with van der Waals surface area (Å²) in [6, 6.07) is 10.4. The molecule has 2 aromatic carbocycles. The number of aryl methyl sites for hydroxylation is 1. The first-order valence-corrected chi connectivity index (χ1v) is 12.0. The van der Waals surface area contributed by atoms with Gasteiger partial charge >= 0.3 is 0 Å². The number of hydrogen-bond acceptors (Lipinski definition) is 7. The number of nitrogens with zero attached hydrogens (tertiary/aromatic N) is 1. The molecular formula is C19H17N3O4S3. The maximum atomic E-state index is 12.3. The summed E-state index contributed by atoms with van der Waals surface area (Å²) in [5.41, 5.74) is 1.94. The second-order valence-electron chi connectivity index (χ2n) is 6.46. The van der Waals surface area contributed by atoms with Crippen LogP contribution in [0.3, 0.4) is 0 Å². The summed E-state index contributed by atoms with van der Waals surface area (Å²) in [5.74, 6) is -0.00491. The van der Waals surface area contributed by atoms with Gasteiger partial charge in [0.05, 0.1) is 25.7 Å². The van der Waals surface area contributed by atoms with Gasteiger partial charge in [-0.15, -0.1) is 22.7 Å². The Bertz CT molecular complexity index is 1330. The summed E-state index contributed by atoms with van der Waals surface area (Å²) >= 11 is 3.17. The van der Waals surface area contributed by atoms with Crippen LogP contribution in [0.25, 0.3) is 20.3 Å². The summed E-state index contributed by atoms with van der Waals surface area (Å²) in [7, 11) is -3.64. The molecule has 0 aliphatic heterocycles. The zero-order chi connectivity index (χ0) is 20.6. The van der Waals surface area contributed by atoms with Crippen molar-refractivity contribution in [2.45, 2.75) is 12.7 Å². The minimum absolute atomic E-state index is 0.173. The van der Waals surface area contributed by atoms with Crippen molar-refractivity contribution in [3.8, 4) is 5.75 Å². The van der Waals surface area contributed by atoms with Crippen molar-refractivity contribution in [1.29, 1.82) is 0 Å². The Balaban J connectivity index is 1.49. The first-order valence-electron chi connectivity index (χ1n) is 8.58. The van der Waals surface area contributed by atoms with Crippen molar-refractivity contribution in [2.75, 3.05) is 11.9 Å². The fourth-order valence-electron chi connectivity index (χ4n) is 3.02. The molecule has 0 saturated heterocycles. The molecule has 3 N–H and O–H groups in total. The number of aromatic nitrogens is 1. The molecule has 29 heavy (non-hydrogen) atoms. The highest BCUT2D eigenvalue weighted by Gasteiger charge is 2.14. The summed E-state index contributed by atoms with van der Waals surface area (Å²) in [5, 5.41) is 11.7. The van der Waals surface area contributed by atoms with Gasteiger partial charge in [-0.05, 0) is 36.1 Å². The lowest BCUT2D eigenvalue weighted by Gasteiger charge is -2.10. The van der Waals surface area contributed by atoms with E-state index in [1.165, 1.54) is 0 Å². The minimum atomic E-state index is -3.64. The van der Waals surface area contributed by atoms with E-state index in [1.54, 1.807) is 46.9 Å². The Morgan fingerprint density at radius 1 is 1.28 bits per heavy atom. The number of sulfonamides is 1. The molecule has 7 nitrogen and oxygen atoms in total. The van der Waals surface area contributed by atoms with Crippen LogP contribution in [0.4, 0.5) is 5.69 Å². The summed E-state index contributed by atoms with van der Waals surface area (Å²) in [4.78, 5) is 16.9. The van der Waals surface area contributed by atoms with Gasteiger partial charge in [0, 0.05) is 17.1 Å². The predicted molar refractivity (Wildman–Crippen MR) is 117 cm³/mol. The highest BCUT2D eigenvalue weighted by molar-refractivity contribution is 7.88. The highest BCUT2D eigenvalue weighted by atomic mass is 32.2. The number of benzene rings is 2. The molecule has 2 heterocycles. The molecule has 4 aromatic rings. The Morgan fingerprint density at radius 3 is 2.90 bits per heavy atom. The SMILES string of the molecule is Cc1nc2c(cc(OCC(=O)Nc3cccc(CS(N)(=O)=O)c3)c3ccsc32)s1. The second kappa shape index (κ2) is 7.71. The van der Waals surface area contributed by atoms with Gasteiger partial charge in [0.2, 0.25) is 10.0 Å². The van der Waals surface area contributed by atoms with Crippen LogP contribution in [0, 0.1) is 6.92 Å². The Labute approximate surface area is 175 Å². The van der Waals surface area contributed by atoms with E-state index in [4.69, 9.17) is 9.88 Å². The molecule has 0 radical (unpaired) electrons. The quantitative estimate of drug-likeness (QED) is 0.469. The number of thiophene rings is 1. The van der Waals surface area contributed by atoms with Gasteiger partial charge in [0.15, 0.2) is 6.61 Å². The van der Waals surface area contributed by atoms with Crippen LogP contribution >= 0.6 is 22.7 Å². The fraction of sp³-hybridized carbons (Fsp3) is 0.158. The summed E-state index contributed by atoms with van der Waals surface area (Å²) in [6.07, 6.45) is 0. The Kier molecular flexibility index (Phi) is 5.26. The summed E-state index contributed by atoms with van der Waals surface area (Å²) in [6.45, 7) is 1.79. The third-order valence-electron chi connectivity index (χ3n) is 4.11. The largest absolute Gasteiger partial charge is 0.483 e. The normalized spacial score (nSPS) is 11.8. The van der Waals surface area contributed by atoms with Crippen molar-refractivity contribution in [1.82, 2.24) is 4.98 Å². The highest BCUT2D eigenvalue weighted by Crippen LogP contribution is 2.38. The monoisotopic (exact) mass is 447 g/mol. The minimum Gasteiger partial charge on any atom is -0.483 e. The fourth-order valence-corrected chi connectivity index (χ4v) is 5.50. The lowest BCUT2D eigenvalue weighted by molar-refractivity contribution is -0.118. The number of rotatable bonds is 6. The van der Waals surface area contributed by atoms with E-state index in [9.17, 15) is 13.2 Å². The number of nitrogens with two attached hydrogens (primary N) is 1. The van der Waals surface area contributed by atoms with E-state index < -0.39 is 10.0 Å². The standard InChI is InChI=1S/C19H17N3O4S3/c1-11-21-18-16(28-11)8-15(14-5-6-27-19(14)18)26-9-17(23)22-13-4-2-3-12(7-13)10-29(20,24)25/h2-8H,9-10H2,1H3,(H,22,23)(H2,20,24,25). The van der Waals surface area contributed by atoms with E-state index in [-0.39, 0.29) is 18.3 Å². The van der Waals surface area contributed by atoms with E-state index in [2.05, 4.69) is 10.3 Å². The molecule has 0 aliphatic carbocycles. The van der Waals surface area contributed by atoms with Crippen molar-refractivity contribution >= 4 is 64.6 Å². The smallest absolute Gasteiger partial charge is 0.262 e. The molecule has 0 fully saturated rings. The third kappa shape index (κ3) is 4.56. The van der Waals surface area contributed by atoms with Crippen LogP contribution in [0.5, 0.6) is 5.75 Å². The molecule has 150 valence electrons. The molecule has 2 aromatic heterocycles. The van der Waals surface area contributed by atoms with E-state index >= 15 is 0 Å². The van der Waals surface area contributed by atoms with Crippen LogP contribution in [-0.4, -0.2) is 25.9 Å². The van der Waals surface area contributed by atoms with Crippen LogP contribution < -0.4 is 15.2 Å². The maximum Gasteiger partial charge on any atom is 0.262 e. The third-order valence-corrected chi connectivity index (χ3v) is 6.68. The van der Waals surface area contributed by atoms with Crippen molar-refractivity contribution in [3.63, 3.8) is 0 Å². The van der Waals surface area contributed by atoms with Crippen LogP contribution in [0.2, 0.25) is 0 Å². The van der Waals surface area contributed by atoms with Gasteiger partial charge in [-0.1, -0.05) is 12.1 Å². The van der Waals surface area contributed by atoms with Crippen molar-refractivity contribution in [3.05, 3.63) is 52.3 Å². The first-order chi connectivity index (χ1) is 13.8. The lowest BCUT2D eigenvalue weighted by Crippen LogP contribution is -2.20. The van der Waals surface area contributed by atoms with Crippen LogP contribution in [0.15, 0.2) is 41.8 Å². The van der Waals surface area contributed by atoms with Gasteiger partial charge in [0.25, 0.3) is 5.91 Å². The Hall–Kier alpha value is -2.53. The predicted octanol–water partition coefficient (Wildman–Crippen LogP) is 3.63. The molecule has 0 saturated carbocycles. The number of anilines is 1. The number of carbonyl (C=O) groups excluding carboxylic acids is 1. The first kappa shape index (κ1) is 19.8. The molecular weight excluding hydrogens is 430 g/mol. The molecule has 0 unspecified atom stereocenters. The zero-order valence-electron chi connectivity index (χ0n) is 15.3. The second-order valence-corrected chi connectivity index (χ2v) is 10.2. The van der Waals surface area contributed by atoms with Gasteiger partial charge in [-0.3, -0.25) is 4.79 Å². The van der Waals surface area contributed by atoms with E-state index in [1.807, 2.05) is 24.4 Å². The molecule has 0 atom stereocenters. The topological polar surface area (TPSA) is 111 Å². The molecule has 0 bridgehead atoms. The van der Waals surface area contributed by atoms with Crippen molar-refractivity contribution in [2.24, 2.45) is 5.14 Å². The van der Waals surface area contributed by atoms with Gasteiger partial charge < -0.3 is 10.1 Å². The number of amides is 1. The molecule has 0 aliphatic rings. The number of thiazole rings is 1. The molecule has 0 spiro atoms. The number of fused-ring (bicyclic) bond motifs is 3. The van der Waals surface area contributed by atoms with Gasteiger partial charge in [-0.25, -0.2) is 18.5 Å².